The molecule has 0 unspecified atom stereocenters. The molecular weight excluding hydrogens is 188 g/mol. The zero-order chi connectivity index (χ0) is 7.40. The van der Waals surface area contributed by atoms with Crippen LogP contribution >= 0.6 is 15.9 Å². The van der Waals surface area contributed by atoms with E-state index in [1.54, 1.807) is 0 Å². The Morgan fingerprint density at radius 2 is 2.00 bits per heavy atom. The summed E-state index contributed by atoms with van der Waals surface area (Å²) < 4.78 is 0. The molecule has 0 aromatic rings. The van der Waals surface area contributed by atoms with E-state index in [2.05, 4.69) is 22.9 Å². The first-order chi connectivity index (χ1) is 4.83. The second-order valence-corrected chi connectivity index (χ2v) is 4.73. The molecular formula is C9H17Br. The average Bonchev–Trinajstić information content (AvgIpc) is 1.85. The highest BCUT2D eigenvalue weighted by Gasteiger charge is 2.25. The molecule has 1 heteroatoms. The number of hydrogen-bond acceptors (Lipinski definition) is 0. The highest BCUT2D eigenvalue weighted by molar-refractivity contribution is 9.09. The molecule has 1 saturated carbocycles. The van der Waals surface area contributed by atoms with Gasteiger partial charge >= 0.3 is 0 Å². The van der Waals surface area contributed by atoms with Crippen LogP contribution in [0.2, 0.25) is 0 Å². The quantitative estimate of drug-likeness (QED) is 0.484. The van der Waals surface area contributed by atoms with E-state index in [1.807, 2.05) is 0 Å². The molecule has 10 heavy (non-hydrogen) atoms. The zero-order valence-corrected chi connectivity index (χ0v) is 8.36. The van der Waals surface area contributed by atoms with Gasteiger partial charge < -0.3 is 0 Å². The summed E-state index contributed by atoms with van der Waals surface area (Å²) >= 11 is 3.61. The van der Waals surface area contributed by atoms with Crippen molar-refractivity contribution in [2.45, 2.75) is 50.3 Å². The van der Waals surface area contributed by atoms with E-state index in [9.17, 15) is 0 Å². The Labute approximate surface area is 72.5 Å². The largest absolute Gasteiger partial charge is 0.0890 e. The van der Waals surface area contributed by atoms with Crippen LogP contribution in [0.4, 0.5) is 0 Å². The normalized spacial score (nSPS) is 31.8. The van der Waals surface area contributed by atoms with Crippen molar-refractivity contribution in [3.63, 3.8) is 0 Å². The summed E-state index contributed by atoms with van der Waals surface area (Å²) in [6, 6.07) is 0. The van der Waals surface area contributed by atoms with Crippen molar-refractivity contribution in [2.75, 3.05) is 0 Å². The van der Waals surface area contributed by atoms with Crippen molar-refractivity contribution in [2.24, 2.45) is 5.92 Å². The predicted octanol–water partition coefficient (Wildman–Crippen LogP) is 3.74. The third kappa shape index (κ3) is 2.61. The van der Waals surface area contributed by atoms with Gasteiger partial charge in [0.05, 0.1) is 0 Å². The van der Waals surface area contributed by atoms with E-state index in [1.165, 1.54) is 38.5 Å². The minimum atomic E-state index is 0.860. The summed E-state index contributed by atoms with van der Waals surface area (Å²) in [5, 5.41) is 0. The van der Waals surface area contributed by atoms with Crippen LogP contribution in [0.15, 0.2) is 0 Å². The Bertz CT molecular complexity index is 84.7. The van der Waals surface area contributed by atoms with Gasteiger partial charge in [-0.15, -0.1) is 0 Å². The highest BCUT2D eigenvalue weighted by Crippen LogP contribution is 2.36. The Morgan fingerprint density at radius 3 is 2.50 bits per heavy atom. The number of unbranched alkanes of at least 4 members (excludes halogenated alkanes) is 2. The molecule has 0 radical (unpaired) electrons. The Hall–Kier alpha value is 0.480. The maximum absolute atomic E-state index is 3.61. The fourth-order valence-corrected chi connectivity index (χ4v) is 2.63. The third-order valence-corrected chi connectivity index (χ3v) is 3.14. The molecule has 0 aromatic heterocycles. The fourth-order valence-electron chi connectivity index (χ4n) is 1.57. The topological polar surface area (TPSA) is 0 Å². The van der Waals surface area contributed by atoms with Gasteiger partial charge in [0, 0.05) is 4.83 Å². The molecule has 0 nitrogen and oxygen atoms in total. The second kappa shape index (κ2) is 4.38. The summed E-state index contributed by atoms with van der Waals surface area (Å²) in [6.07, 6.45) is 8.61. The van der Waals surface area contributed by atoms with Crippen LogP contribution in [0.3, 0.4) is 0 Å². The van der Waals surface area contributed by atoms with Crippen molar-refractivity contribution in [1.29, 1.82) is 0 Å². The van der Waals surface area contributed by atoms with Crippen molar-refractivity contribution in [3.8, 4) is 0 Å². The van der Waals surface area contributed by atoms with E-state index < -0.39 is 0 Å². The van der Waals surface area contributed by atoms with E-state index in [4.69, 9.17) is 0 Å². The first-order valence-electron chi connectivity index (χ1n) is 4.47. The predicted molar refractivity (Wildman–Crippen MR) is 49.6 cm³/mol. The van der Waals surface area contributed by atoms with Crippen LogP contribution in [-0.2, 0) is 0 Å². The summed E-state index contributed by atoms with van der Waals surface area (Å²) in [4.78, 5) is 0.860. The molecule has 1 fully saturated rings. The maximum atomic E-state index is 3.61. The molecule has 1 aliphatic rings. The summed E-state index contributed by atoms with van der Waals surface area (Å²) in [6.45, 7) is 2.27. The van der Waals surface area contributed by atoms with Gasteiger partial charge in [0.15, 0.2) is 0 Å². The summed E-state index contributed by atoms with van der Waals surface area (Å²) in [5.41, 5.74) is 0. The maximum Gasteiger partial charge on any atom is 0.0151 e. The van der Waals surface area contributed by atoms with Gasteiger partial charge in [0.2, 0.25) is 0 Å². The number of rotatable bonds is 4. The summed E-state index contributed by atoms with van der Waals surface area (Å²) in [7, 11) is 0. The fraction of sp³-hybridized carbons (Fsp3) is 1.00. The highest BCUT2D eigenvalue weighted by atomic mass is 79.9. The number of hydrogen-bond donors (Lipinski definition) is 0. The lowest BCUT2D eigenvalue weighted by Gasteiger charge is -2.31. The molecule has 0 bridgehead atoms. The van der Waals surface area contributed by atoms with Crippen molar-refractivity contribution < 1.29 is 0 Å². The van der Waals surface area contributed by atoms with Gasteiger partial charge in [-0.2, -0.15) is 0 Å². The van der Waals surface area contributed by atoms with Crippen LogP contribution in [0.1, 0.15) is 45.4 Å². The molecule has 1 aliphatic carbocycles. The molecule has 0 heterocycles. The first kappa shape index (κ1) is 8.58. The average molecular weight is 205 g/mol. The summed E-state index contributed by atoms with van der Waals surface area (Å²) in [5.74, 6) is 1.07. The third-order valence-electron chi connectivity index (χ3n) is 2.39. The van der Waals surface area contributed by atoms with Crippen LogP contribution in [0, 0.1) is 5.92 Å². The lowest BCUT2D eigenvalue weighted by molar-refractivity contribution is 0.303. The molecule has 0 amide bonds. The first-order valence-corrected chi connectivity index (χ1v) is 5.38. The van der Waals surface area contributed by atoms with E-state index in [-0.39, 0.29) is 0 Å². The van der Waals surface area contributed by atoms with Gasteiger partial charge in [0.1, 0.15) is 0 Å². The zero-order valence-electron chi connectivity index (χ0n) is 6.78. The molecule has 1 rings (SSSR count). The van der Waals surface area contributed by atoms with E-state index in [0.29, 0.717) is 0 Å². The van der Waals surface area contributed by atoms with Gasteiger partial charge in [-0.05, 0) is 18.8 Å². The van der Waals surface area contributed by atoms with Crippen LogP contribution in [-0.4, -0.2) is 4.83 Å². The molecule has 0 N–H and O–H groups in total. The SMILES string of the molecule is CCCCCC1CC(Br)C1. The Morgan fingerprint density at radius 1 is 1.30 bits per heavy atom. The van der Waals surface area contributed by atoms with Crippen LogP contribution in [0.5, 0.6) is 0 Å². The van der Waals surface area contributed by atoms with Gasteiger partial charge in [-0.1, -0.05) is 48.5 Å². The molecule has 0 aliphatic heterocycles. The van der Waals surface area contributed by atoms with E-state index >= 15 is 0 Å². The van der Waals surface area contributed by atoms with Gasteiger partial charge in [0.25, 0.3) is 0 Å². The molecule has 0 atom stereocenters. The lowest BCUT2D eigenvalue weighted by Crippen LogP contribution is -2.23. The van der Waals surface area contributed by atoms with Gasteiger partial charge in [-0.25, -0.2) is 0 Å². The van der Waals surface area contributed by atoms with Gasteiger partial charge in [-0.3, -0.25) is 0 Å². The van der Waals surface area contributed by atoms with Crippen molar-refractivity contribution in [1.82, 2.24) is 0 Å². The smallest absolute Gasteiger partial charge is 0.0151 e. The van der Waals surface area contributed by atoms with E-state index in [0.717, 1.165) is 10.7 Å². The molecule has 0 spiro atoms. The number of alkyl halides is 1. The van der Waals surface area contributed by atoms with Crippen LogP contribution < -0.4 is 0 Å². The standard InChI is InChI=1S/C9H17Br/c1-2-3-4-5-8-6-9(10)7-8/h8-9H,2-7H2,1H3. The minimum absolute atomic E-state index is 0.860. The van der Waals surface area contributed by atoms with Crippen molar-refractivity contribution >= 4 is 15.9 Å². The lowest BCUT2D eigenvalue weighted by atomic mass is 9.81. The van der Waals surface area contributed by atoms with Crippen molar-refractivity contribution in [3.05, 3.63) is 0 Å². The molecule has 60 valence electrons. The molecule has 0 saturated heterocycles. The number of halogens is 1. The second-order valence-electron chi connectivity index (χ2n) is 3.43. The van der Waals surface area contributed by atoms with Crippen LogP contribution in [0.25, 0.3) is 0 Å². The Balaban J connectivity index is 1.86. The molecule has 0 aromatic carbocycles. The minimum Gasteiger partial charge on any atom is -0.0890 e. The Kier molecular flexibility index (Phi) is 3.75. The monoisotopic (exact) mass is 204 g/mol.